The van der Waals surface area contributed by atoms with Crippen LogP contribution in [0.25, 0.3) is 0 Å². The van der Waals surface area contributed by atoms with Crippen LogP contribution in [-0.4, -0.2) is 47.4 Å². The number of piperidine rings is 2. The minimum atomic E-state index is -0.402. The van der Waals surface area contributed by atoms with E-state index in [1.807, 2.05) is 24.0 Å². The molecule has 1 aromatic rings. The zero-order valence-corrected chi connectivity index (χ0v) is 13.5. The van der Waals surface area contributed by atoms with Crippen molar-refractivity contribution in [1.29, 1.82) is 0 Å². The smallest absolute Gasteiger partial charge is 0.242 e. The molecule has 2 aliphatic rings. The fourth-order valence-electron chi connectivity index (χ4n) is 3.89. The topological polar surface area (TPSA) is 74.3 Å². The summed E-state index contributed by atoms with van der Waals surface area (Å²) in [6.07, 6.45) is 7.02. The minimum Gasteiger partial charge on any atom is -0.375 e. The maximum absolute atomic E-state index is 12.6. The highest BCUT2D eigenvalue weighted by atomic mass is 16.2. The molecule has 1 spiro atoms. The van der Waals surface area contributed by atoms with E-state index in [1.54, 1.807) is 12.4 Å². The summed E-state index contributed by atoms with van der Waals surface area (Å²) < 4.78 is 0. The molecule has 0 bridgehead atoms. The van der Waals surface area contributed by atoms with Crippen molar-refractivity contribution in [2.75, 3.05) is 25.0 Å². The molecular weight excluding hydrogens is 292 g/mol. The van der Waals surface area contributed by atoms with E-state index in [4.69, 9.17) is 0 Å². The summed E-state index contributed by atoms with van der Waals surface area (Å²) in [5, 5.41) is 6.10. The van der Waals surface area contributed by atoms with E-state index < -0.39 is 5.41 Å². The molecule has 0 unspecified atom stereocenters. The summed E-state index contributed by atoms with van der Waals surface area (Å²) in [6, 6.07) is 3.66. The first-order valence-electron chi connectivity index (χ1n) is 8.35. The lowest BCUT2D eigenvalue weighted by Crippen LogP contribution is -2.61. The molecule has 0 aliphatic carbocycles. The van der Waals surface area contributed by atoms with Crippen molar-refractivity contribution in [3.05, 3.63) is 24.5 Å². The zero-order chi connectivity index (χ0) is 16.3. The van der Waals surface area contributed by atoms with Crippen molar-refractivity contribution in [2.45, 2.75) is 38.6 Å². The van der Waals surface area contributed by atoms with E-state index >= 15 is 0 Å². The van der Waals surface area contributed by atoms with Gasteiger partial charge in [0.15, 0.2) is 0 Å². The summed E-state index contributed by atoms with van der Waals surface area (Å²) in [4.78, 5) is 31.0. The van der Waals surface area contributed by atoms with Crippen LogP contribution in [0.4, 0.5) is 5.69 Å². The first-order valence-corrected chi connectivity index (χ1v) is 8.35. The number of nitrogens with one attached hydrogen (secondary N) is 2. The number of aromatic nitrogens is 1. The van der Waals surface area contributed by atoms with Crippen LogP contribution in [0.1, 0.15) is 32.6 Å². The summed E-state index contributed by atoms with van der Waals surface area (Å²) in [5.41, 5.74) is 0.427. The second-order valence-electron chi connectivity index (χ2n) is 6.48. The quantitative estimate of drug-likeness (QED) is 0.884. The lowest BCUT2D eigenvalue weighted by Gasteiger charge is -2.49. The Balaban J connectivity index is 1.67. The zero-order valence-electron chi connectivity index (χ0n) is 13.5. The Morgan fingerprint density at radius 2 is 2.30 bits per heavy atom. The van der Waals surface area contributed by atoms with Crippen LogP contribution in [0.15, 0.2) is 24.5 Å². The molecule has 1 aromatic heterocycles. The van der Waals surface area contributed by atoms with Crippen LogP contribution in [-0.2, 0) is 9.59 Å². The number of pyridine rings is 1. The third kappa shape index (κ3) is 3.02. The maximum atomic E-state index is 12.6. The summed E-state index contributed by atoms with van der Waals surface area (Å²) in [6.45, 7) is 3.73. The number of anilines is 1. The maximum Gasteiger partial charge on any atom is 0.242 e. The van der Waals surface area contributed by atoms with Gasteiger partial charge in [-0.1, -0.05) is 0 Å². The van der Waals surface area contributed by atoms with Crippen molar-refractivity contribution in [1.82, 2.24) is 15.2 Å². The standard InChI is InChI=1S/C17H24N4O2/c1-13-17(6-3-9-19-16(17)23)7-4-10-21(13)15(22)12-20-14-5-2-8-18-11-14/h2,5,8,11,13,20H,3-4,6-7,9-10,12H2,1H3,(H,19,23)/t13-,17+/m1/s1. The van der Waals surface area contributed by atoms with Crippen molar-refractivity contribution >= 4 is 17.5 Å². The number of likely N-dealkylation sites (tertiary alicyclic amines) is 1. The normalized spacial score (nSPS) is 27.6. The van der Waals surface area contributed by atoms with E-state index in [1.165, 1.54) is 0 Å². The molecule has 6 nitrogen and oxygen atoms in total. The highest BCUT2D eigenvalue weighted by molar-refractivity contribution is 5.87. The van der Waals surface area contributed by atoms with Crippen LogP contribution in [0, 0.1) is 5.41 Å². The van der Waals surface area contributed by atoms with E-state index in [9.17, 15) is 9.59 Å². The van der Waals surface area contributed by atoms with Crippen molar-refractivity contribution in [2.24, 2.45) is 5.41 Å². The monoisotopic (exact) mass is 316 g/mol. The molecule has 6 heteroatoms. The van der Waals surface area contributed by atoms with Gasteiger partial charge in [-0.2, -0.15) is 0 Å². The van der Waals surface area contributed by atoms with Crippen LogP contribution >= 0.6 is 0 Å². The molecule has 0 radical (unpaired) electrons. The van der Waals surface area contributed by atoms with Crippen LogP contribution in [0.2, 0.25) is 0 Å². The molecule has 2 atom stereocenters. The van der Waals surface area contributed by atoms with E-state index in [0.29, 0.717) is 0 Å². The van der Waals surface area contributed by atoms with Gasteiger partial charge in [-0.15, -0.1) is 0 Å². The number of rotatable bonds is 3. The lowest BCUT2D eigenvalue weighted by molar-refractivity contribution is -0.148. The predicted octanol–water partition coefficient (Wildman–Crippen LogP) is 1.40. The fourth-order valence-corrected chi connectivity index (χ4v) is 3.89. The Morgan fingerprint density at radius 3 is 3.04 bits per heavy atom. The number of carbonyl (C=O) groups is 2. The summed E-state index contributed by atoms with van der Waals surface area (Å²) >= 11 is 0. The van der Waals surface area contributed by atoms with Gasteiger partial charge in [-0.3, -0.25) is 14.6 Å². The van der Waals surface area contributed by atoms with Crippen molar-refractivity contribution in [3.63, 3.8) is 0 Å². The number of hydrogen-bond donors (Lipinski definition) is 2. The molecule has 2 aliphatic heterocycles. The van der Waals surface area contributed by atoms with Crippen LogP contribution < -0.4 is 10.6 Å². The van der Waals surface area contributed by atoms with Gasteiger partial charge in [0.25, 0.3) is 0 Å². The molecule has 3 rings (SSSR count). The van der Waals surface area contributed by atoms with Crippen LogP contribution in [0.5, 0.6) is 0 Å². The highest BCUT2D eigenvalue weighted by Crippen LogP contribution is 2.41. The average Bonchev–Trinajstić information content (AvgIpc) is 2.58. The molecule has 124 valence electrons. The molecule has 0 aromatic carbocycles. The Morgan fingerprint density at radius 1 is 1.48 bits per heavy atom. The highest BCUT2D eigenvalue weighted by Gasteiger charge is 2.49. The largest absolute Gasteiger partial charge is 0.375 e. The molecule has 3 heterocycles. The van der Waals surface area contributed by atoms with Gasteiger partial charge in [0.2, 0.25) is 11.8 Å². The van der Waals surface area contributed by atoms with Gasteiger partial charge in [0, 0.05) is 31.5 Å². The van der Waals surface area contributed by atoms with Gasteiger partial charge in [0.05, 0.1) is 17.6 Å². The molecule has 0 saturated carbocycles. The first-order chi connectivity index (χ1) is 11.1. The first kappa shape index (κ1) is 15.8. The average molecular weight is 316 g/mol. The van der Waals surface area contributed by atoms with Gasteiger partial charge >= 0.3 is 0 Å². The second kappa shape index (κ2) is 6.56. The SMILES string of the molecule is C[C@H]1N(C(=O)CNc2cccnc2)CCC[C@@]12CCCNC2=O. The van der Waals surface area contributed by atoms with Gasteiger partial charge in [-0.05, 0) is 44.7 Å². The third-order valence-electron chi connectivity index (χ3n) is 5.25. The van der Waals surface area contributed by atoms with Crippen molar-refractivity contribution in [3.8, 4) is 0 Å². The minimum absolute atomic E-state index is 0.0406. The number of amides is 2. The van der Waals surface area contributed by atoms with E-state index in [0.717, 1.165) is 44.5 Å². The summed E-state index contributed by atoms with van der Waals surface area (Å²) in [7, 11) is 0. The molecule has 2 fully saturated rings. The Kier molecular flexibility index (Phi) is 4.50. The summed E-state index contributed by atoms with van der Waals surface area (Å²) in [5.74, 6) is 0.160. The Labute approximate surface area is 136 Å². The van der Waals surface area contributed by atoms with E-state index in [-0.39, 0.29) is 24.4 Å². The molecule has 2 saturated heterocycles. The third-order valence-corrected chi connectivity index (χ3v) is 5.25. The van der Waals surface area contributed by atoms with Gasteiger partial charge in [0.1, 0.15) is 0 Å². The molecule has 2 N–H and O–H groups in total. The van der Waals surface area contributed by atoms with Gasteiger partial charge < -0.3 is 15.5 Å². The molecular formula is C17H24N4O2. The Bertz CT molecular complexity index is 573. The van der Waals surface area contributed by atoms with Gasteiger partial charge in [-0.25, -0.2) is 0 Å². The van der Waals surface area contributed by atoms with Crippen molar-refractivity contribution < 1.29 is 9.59 Å². The predicted molar refractivity (Wildman–Crippen MR) is 87.8 cm³/mol. The van der Waals surface area contributed by atoms with Crippen LogP contribution in [0.3, 0.4) is 0 Å². The Hall–Kier alpha value is -2.11. The second-order valence-corrected chi connectivity index (χ2v) is 6.48. The fraction of sp³-hybridized carbons (Fsp3) is 0.588. The number of carbonyl (C=O) groups excluding carboxylic acids is 2. The lowest BCUT2D eigenvalue weighted by atomic mass is 9.68. The number of hydrogen-bond acceptors (Lipinski definition) is 4. The molecule has 23 heavy (non-hydrogen) atoms. The van der Waals surface area contributed by atoms with E-state index in [2.05, 4.69) is 15.6 Å². The molecule has 2 amide bonds. The number of nitrogens with zero attached hydrogens (tertiary/aromatic N) is 2.